The monoisotopic (exact) mass is 232 g/mol. The summed E-state index contributed by atoms with van der Waals surface area (Å²) in [5.74, 6) is 1.68. The van der Waals surface area contributed by atoms with Crippen molar-refractivity contribution in [1.29, 1.82) is 0 Å². The van der Waals surface area contributed by atoms with Crippen LogP contribution in [0.15, 0.2) is 12.8 Å². The first-order valence-corrected chi connectivity index (χ1v) is 5.77. The van der Waals surface area contributed by atoms with Crippen molar-refractivity contribution in [1.82, 2.24) is 0 Å². The topological polar surface area (TPSA) is 9.23 Å². The molecule has 0 spiro atoms. The fourth-order valence-corrected chi connectivity index (χ4v) is 2.40. The third-order valence-electron chi connectivity index (χ3n) is 2.63. The lowest BCUT2D eigenvalue weighted by molar-refractivity contribution is 0.153. The SMILES string of the molecule is C=COCC1CCC(CBr)CC1. The highest BCUT2D eigenvalue weighted by Gasteiger charge is 2.20. The number of halogens is 1. The van der Waals surface area contributed by atoms with Crippen molar-refractivity contribution >= 4 is 15.9 Å². The van der Waals surface area contributed by atoms with Gasteiger partial charge in [0.2, 0.25) is 0 Å². The molecule has 1 rings (SSSR count). The second-order valence-corrected chi connectivity index (χ2v) is 4.19. The van der Waals surface area contributed by atoms with Crippen molar-refractivity contribution in [3.05, 3.63) is 12.8 Å². The lowest BCUT2D eigenvalue weighted by Crippen LogP contribution is -2.18. The van der Waals surface area contributed by atoms with Crippen molar-refractivity contribution in [2.45, 2.75) is 25.7 Å². The highest BCUT2D eigenvalue weighted by Crippen LogP contribution is 2.29. The zero-order valence-corrected chi connectivity index (χ0v) is 9.05. The van der Waals surface area contributed by atoms with Crippen molar-refractivity contribution in [2.75, 3.05) is 11.9 Å². The van der Waals surface area contributed by atoms with Crippen LogP contribution in [0.25, 0.3) is 0 Å². The van der Waals surface area contributed by atoms with Crippen molar-refractivity contribution in [2.24, 2.45) is 11.8 Å². The van der Waals surface area contributed by atoms with Crippen LogP contribution in [0, 0.1) is 11.8 Å². The third kappa shape index (κ3) is 3.18. The molecular formula is C10H17BrO. The number of hydrogen-bond acceptors (Lipinski definition) is 1. The van der Waals surface area contributed by atoms with E-state index in [4.69, 9.17) is 4.74 Å². The van der Waals surface area contributed by atoms with Gasteiger partial charge in [-0.05, 0) is 37.5 Å². The molecule has 2 heteroatoms. The molecule has 0 N–H and O–H groups in total. The molecule has 0 aromatic rings. The molecule has 1 saturated carbocycles. The first kappa shape index (κ1) is 10.1. The van der Waals surface area contributed by atoms with Crippen LogP contribution in [-0.2, 0) is 4.74 Å². The zero-order chi connectivity index (χ0) is 8.81. The average Bonchev–Trinajstić information content (AvgIpc) is 2.15. The van der Waals surface area contributed by atoms with Gasteiger partial charge in [-0.3, -0.25) is 0 Å². The van der Waals surface area contributed by atoms with Crippen LogP contribution in [0.3, 0.4) is 0 Å². The summed E-state index contributed by atoms with van der Waals surface area (Å²) in [5, 5.41) is 1.17. The molecule has 1 aliphatic rings. The van der Waals surface area contributed by atoms with E-state index in [1.165, 1.54) is 31.0 Å². The van der Waals surface area contributed by atoms with Gasteiger partial charge in [-0.1, -0.05) is 22.5 Å². The van der Waals surface area contributed by atoms with E-state index in [0.29, 0.717) is 0 Å². The first-order valence-electron chi connectivity index (χ1n) is 4.65. The van der Waals surface area contributed by atoms with E-state index < -0.39 is 0 Å². The molecule has 0 atom stereocenters. The predicted molar refractivity (Wildman–Crippen MR) is 55.4 cm³/mol. The number of hydrogen-bond donors (Lipinski definition) is 0. The van der Waals surface area contributed by atoms with Gasteiger partial charge in [-0.2, -0.15) is 0 Å². The molecule has 1 aliphatic carbocycles. The van der Waals surface area contributed by atoms with Crippen LogP contribution in [0.4, 0.5) is 0 Å². The highest BCUT2D eigenvalue weighted by molar-refractivity contribution is 9.09. The molecular weight excluding hydrogens is 216 g/mol. The fraction of sp³-hybridized carbons (Fsp3) is 0.800. The number of ether oxygens (including phenoxy) is 1. The maximum atomic E-state index is 5.19. The summed E-state index contributed by atoms with van der Waals surface area (Å²) < 4.78 is 5.19. The lowest BCUT2D eigenvalue weighted by Gasteiger charge is -2.26. The summed E-state index contributed by atoms with van der Waals surface area (Å²) in [6.07, 6.45) is 6.91. The molecule has 1 nitrogen and oxygen atoms in total. The molecule has 0 saturated heterocycles. The van der Waals surface area contributed by atoms with Gasteiger partial charge < -0.3 is 4.74 Å². The number of alkyl halides is 1. The Kier molecular flexibility index (Phi) is 4.74. The van der Waals surface area contributed by atoms with E-state index in [1.54, 1.807) is 6.26 Å². The molecule has 0 bridgehead atoms. The maximum absolute atomic E-state index is 5.19. The molecule has 0 heterocycles. The van der Waals surface area contributed by atoms with E-state index in [2.05, 4.69) is 22.5 Å². The van der Waals surface area contributed by atoms with Gasteiger partial charge in [0, 0.05) is 5.33 Å². The van der Waals surface area contributed by atoms with Gasteiger partial charge in [0.05, 0.1) is 12.9 Å². The Bertz CT molecular complexity index is 128. The Morgan fingerprint density at radius 1 is 1.25 bits per heavy atom. The van der Waals surface area contributed by atoms with Crippen LogP contribution >= 0.6 is 15.9 Å². The normalized spacial score (nSPS) is 29.8. The van der Waals surface area contributed by atoms with Crippen molar-refractivity contribution in [3.63, 3.8) is 0 Å². The predicted octanol–water partition coefficient (Wildman–Crippen LogP) is 3.35. The second kappa shape index (κ2) is 5.63. The average molecular weight is 233 g/mol. The van der Waals surface area contributed by atoms with E-state index in [-0.39, 0.29) is 0 Å². The van der Waals surface area contributed by atoms with E-state index in [9.17, 15) is 0 Å². The summed E-state index contributed by atoms with van der Waals surface area (Å²) in [4.78, 5) is 0. The molecule has 0 amide bonds. The minimum atomic E-state index is 0.776. The zero-order valence-electron chi connectivity index (χ0n) is 7.47. The summed E-state index contributed by atoms with van der Waals surface area (Å²) in [7, 11) is 0. The van der Waals surface area contributed by atoms with E-state index >= 15 is 0 Å². The molecule has 1 fully saturated rings. The van der Waals surface area contributed by atoms with Gasteiger partial charge in [-0.15, -0.1) is 0 Å². The second-order valence-electron chi connectivity index (χ2n) is 3.54. The Morgan fingerprint density at radius 3 is 2.33 bits per heavy atom. The summed E-state index contributed by atoms with van der Waals surface area (Å²) in [6, 6.07) is 0. The van der Waals surface area contributed by atoms with Crippen LogP contribution in [-0.4, -0.2) is 11.9 Å². The van der Waals surface area contributed by atoms with Gasteiger partial charge in [0.15, 0.2) is 0 Å². The molecule has 0 aromatic carbocycles. The third-order valence-corrected chi connectivity index (χ3v) is 3.55. The Morgan fingerprint density at radius 2 is 1.83 bits per heavy atom. The van der Waals surface area contributed by atoms with Gasteiger partial charge in [-0.25, -0.2) is 0 Å². The van der Waals surface area contributed by atoms with Crippen LogP contribution in [0.2, 0.25) is 0 Å². The van der Waals surface area contributed by atoms with Crippen molar-refractivity contribution < 1.29 is 4.74 Å². The summed E-state index contributed by atoms with van der Waals surface area (Å²) >= 11 is 3.54. The quantitative estimate of drug-likeness (QED) is 0.534. The summed E-state index contributed by atoms with van der Waals surface area (Å²) in [6.45, 7) is 4.42. The molecule has 70 valence electrons. The fourth-order valence-electron chi connectivity index (χ4n) is 1.76. The van der Waals surface area contributed by atoms with E-state index in [1.807, 2.05) is 0 Å². The maximum Gasteiger partial charge on any atom is 0.0901 e. The van der Waals surface area contributed by atoms with Crippen LogP contribution < -0.4 is 0 Å². The Balaban J connectivity index is 2.12. The first-order chi connectivity index (χ1) is 5.86. The van der Waals surface area contributed by atoms with Gasteiger partial charge >= 0.3 is 0 Å². The Labute approximate surface area is 83.3 Å². The van der Waals surface area contributed by atoms with Crippen molar-refractivity contribution in [3.8, 4) is 0 Å². The standard InChI is InChI=1S/C10H17BrO/c1-2-12-8-10-5-3-9(7-11)4-6-10/h2,9-10H,1,3-8H2. The van der Waals surface area contributed by atoms with Gasteiger partial charge in [0.1, 0.15) is 0 Å². The van der Waals surface area contributed by atoms with Gasteiger partial charge in [0.25, 0.3) is 0 Å². The minimum absolute atomic E-state index is 0.776. The lowest BCUT2D eigenvalue weighted by atomic mass is 9.83. The number of rotatable bonds is 4. The largest absolute Gasteiger partial charge is 0.502 e. The summed E-state index contributed by atoms with van der Waals surface area (Å²) in [5.41, 5.74) is 0. The van der Waals surface area contributed by atoms with Crippen LogP contribution in [0.1, 0.15) is 25.7 Å². The molecule has 12 heavy (non-hydrogen) atoms. The molecule has 0 unspecified atom stereocenters. The molecule has 0 radical (unpaired) electrons. The highest BCUT2D eigenvalue weighted by atomic mass is 79.9. The van der Waals surface area contributed by atoms with E-state index in [0.717, 1.165) is 18.4 Å². The smallest absolute Gasteiger partial charge is 0.0901 e. The van der Waals surface area contributed by atoms with Crippen LogP contribution in [0.5, 0.6) is 0 Å². The Hall–Kier alpha value is 0.0200. The molecule has 0 aliphatic heterocycles. The minimum Gasteiger partial charge on any atom is -0.502 e. The molecule has 0 aromatic heterocycles.